The molecule has 1 fully saturated rings. The Kier molecular flexibility index (Phi) is 4.72. The van der Waals surface area contributed by atoms with Crippen LogP contribution in [0.15, 0.2) is 20.1 Å². The maximum Gasteiger partial charge on any atom is 0.250 e. The fraction of sp³-hybridized carbons (Fsp3) is 0.667. The molecule has 1 aliphatic carbocycles. The molecule has 1 heterocycles. The van der Waals surface area contributed by atoms with Gasteiger partial charge in [-0.05, 0) is 46.8 Å². The van der Waals surface area contributed by atoms with Crippen LogP contribution in [0.2, 0.25) is 0 Å². The van der Waals surface area contributed by atoms with Crippen LogP contribution in [0.3, 0.4) is 0 Å². The van der Waals surface area contributed by atoms with Crippen molar-refractivity contribution in [2.45, 2.75) is 42.4 Å². The Morgan fingerprint density at radius 3 is 2.84 bits per heavy atom. The molecule has 0 saturated heterocycles. The molecule has 2 N–H and O–H groups in total. The van der Waals surface area contributed by atoms with Crippen molar-refractivity contribution in [3.8, 4) is 0 Å². The summed E-state index contributed by atoms with van der Waals surface area (Å²) in [6.07, 6.45) is 3.42. The number of thiophene rings is 1. The minimum atomic E-state index is -3.55. The number of hydrogen-bond donors (Lipinski definition) is 2. The van der Waals surface area contributed by atoms with Crippen molar-refractivity contribution in [3.05, 3.63) is 15.9 Å². The van der Waals surface area contributed by atoms with E-state index in [1.54, 1.807) is 12.1 Å². The van der Waals surface area contributed by atoms with E-state index >= 15 is 0 Å². The van der Waals surface area contributed by atoms with Crippen LogP contribution < -0.4 is 4.72 Å². The van der Waals surface area contributed by atoms with Crippen LogP contribution in [-0.2, 0) is 10.0 Å². The van der Waals surface area contributed by atoms with Gasteiger partial charge in [0.05, 0.1) is 15.9 Å². The van der Waals surface area contributed by atoms with Crippen molar-refractivity contribution in [1.29, 1.82) is 0 Å². The summed E-state index contributed by atoms with van der Waals surface area (Å²) < 4.78 is 28.5. The van der Waals surface area contributed by atoms with Gasteiger partial charge in [0.25, 0.3) is 10.0 Å². The van der Waals surface area contributed by atoms with Crippen molar-refractivity contribution >= 4 is 37.3 Å². The highest BCUT2D eigenvalue weighted by Crippen LogP contribution is 2.34. The van der Waals surface area contributed by atoms with Crippen molar-refractivity contribution in [1.82, 2.24) is 4.72 Å². The van der Waals surface area contributed by atoms with E-state index in [2.05, 4.69) is 27.6 Å². The molecular weight excluding hydrogens is 350 g/mol. The number of hydrogen-bond acceptors (Lipinski definition) is 4. The quantitative estimate of drug-likeness (QED) is 0.859. The number of sulfonamides is 1. The Hall–Kier alpha value is 0.0500. The summed E-state index contributed by atoms with van der Waals surface area (Å²) >= 11 is 4.44. The average molecular weight is 368 g/mol. The third-order valence-electron chi connectivity index (χ3n) is 3.56. The Morgan fingerprint density at radius 1 is 1.58 bits per heavy atom. The first-order chi connectivity index (χ1) is 8.87. The monoisotopic (exact) mass is 367 g/mol. The largest absolute Gasteiger partial charge is 0.394 e. The first kappa shape index (κ1) is 15.4. The Bertz CT molecular complexity index is 543. The van der Waals surface area contributed by atoms with Crippen LogP contribution in [-0.4, -0.2) is 25.7 Å². The van der Waals surface area contributed by atoms with Gasteiger partial charge >= 0.3 is 0 Å². The van der Waals surface area contributed by atoms with E-state index < -0.39 is 15.6 Å². The van der Waals surface area contributed by atoms with Crippen molar-refractivity contribution < 1.29 is 13.5 Å². The summed E-state index contributed by atoms with van der Waals surface area (Å²) in [5.74, 6) is 0.429. The number of aliphatic hydroxyl groups excluding tert-OH is 1. The molecule has 0 spiro atoms. The molecule has 0 bridgehead atoms. The lowest BCUT2D eigenvalue weighted by atomic mass is 9.78. The molecule has 2 unspecified atom stereocenters. The van der Waals surface area contributed by atoms with Gasteiger partial charge in [-0.1, -0.05) is 19.8 Å². The fourth-order valence-corrected chi connectivity index (χ4v) is 6.15. The normalized spacial score (nSPS) is 28.5. The number of aliphatic hydroxyl groups is 1. The first-order valence-electron chi connectivity index (χ1n) is 6.27. The van der Waals surface area contributed by atoms with Crippen molar-refractivity contribution in [2.75, 3.05) is 6.61 Å². The first-order valence-corrected chi connectivity index (χ1v) is 9.36. The maximum atomic E-state index is 12.4. The summed E-state index contributed by atoms with van der Waals surface area (Å²) in [6, 6.07) is 3.29. The van der Waals surface area contributed by atoms with Gasteiger partial charge in [-0.15, -0.1) is 11.3 Å². The second kappa shape index (κ2) is 5.81. The van der Waals surface area contributed by atoms with Crippen LogP contribution in [0.25, 0.3) is 0 Å². The molecule has 19 heavy (non-hydrogen) atoms. The molecule has 0 aromatic carbocycles. The van der Waals surface area contributed by atoms with E-state index in [1.807, 2.05) is 0 Å². The van der Waals surface area contributed by atoms with Crippen LogP contribution in [0, 0.1) is 5.92 Å². The lowest BCUT2D eigenvalue weighted by Crippen LogP contribution is -2.53. The van der Waals surface area contributed by atoms with Crippen LogP contribution in [0.5, 0.6) is 0 Å². The highest BCUT2D eigenvalue weighted by Gasteiger charge is 2.38. The molecule has 1 aromatic rings. The predicted octanol–water partition coefficient (Wildman–Crippen LogP) is 2.73. The van der Waals surface area contributed by atoms with E-state index in [0.717, 1.165) is 16.6 Å². The van der Waals surface area contributed by atoms with Crippen LogP contribution in [0.1, 0.15) is 32.6 Å². The Balaban J connectivity index is 2.22. The molecule has 1 aromatic heterocycles. The standard InChI is InChI=1S/C12H18BrNO3S2/c1-9-3-2-6-12(7-9,8-15)14-19(16,17)11-5-4-10(13)18-11/h4-5,9,14-15H,2-3,6-8H2,1H3. The van der Waals surface area contributed by atoms with Gasteiger partial charge in [-0.25, -0.2) is 13.1 Å². The molecule has 0 radical (unpaired) electrons. The number of nitrogens with one attached hydrogen (secondary N) is 1. The van der Waals surface area contributed by atoms with E-state index in [1.165, 1.54) is 11.3 Å². The highest BCUT2D eigenvalue weighted by atomic mass is 79.9. The van der Waals surface area contributed by atoms with Crippen molar-refractivity contribution in [3.63, 3.8) is 0 Å². The minimum Gasteiger partial charge on any atom is -0.394 e. The van der Waals surface area contributed by atoms with Crippen molar-refractivity contribution in [2.24, 2.45) is 5.92 Å². The SMILES string of the molecule is CC1CCCC(CO)(NS(=O)(=O)c2ccc(Br)s2)C1. The number of halogens is 1. The van der Waals surface area contributed by atoms with Gasteiger partial charge in [0.2, 0.25) is 0 Å². The smallest absolute Gasteiger partial charge is 0.250 e. The van der Waals surface area contributed by atoms with Gasteiger partial charge in [0.1, 0.15) is 4.21 Å². The molecule has 0 aliphatic heterocycles. The Labute approximate surface area is 126 Å². The zero-order valence-electron chi connectivity index (χ0n) is 10.7. The lowest BCUT2D eigenvalue weighted by molar-refractivity contribution is 0.120. The van der Waals surface area contributed by atoms with E-state index in [0.29, 0.717) is 18.8 Å². The zero-order chi connectivity index (χ0) is 14.1. The predicted molar refractivity (Wildman–Crippen MR) is 79.8 cm³/mol. The molecule has 2 atom stereocenters. The lowest BCUT2D eigenvalue weighted by Gasteiger charge is -2.38. The second-order valence-corrected chi connectivity index (χ2v) is 9.68. The van der Waals surface area contributed by atoms with Gasteiger partial charge < -0.3 is 5.11 Å². The third kappa shape index (κ3) is 3.58. The Morgan fingerprint density at radius 2 is 2.32 bits per heavy atom. The highest BCUT2D eigenvalue weighted by molar-refractivity contribution is 9.11. The molecule has 7 heteroatoms. The van der Waals surface area contributed by atoms with Crippen LogP contribution in [0.4, 0.5) is 0 Å². The van der Waals surface area contributed by atoms with Gasteiger partial charge in [0.15, 0.2) is 0 Å². The molecule has 0 amide bonds. The summed E-state index contributed by atoms with van der Waals surface area (Å²) in [4.78, 5) is 0. The topological polar surface area (TPSA) is 66.4 Å². The molecule has 108 valence electrons. The summed E-state index contributed by atoms with van der Waals surface area (Å²) in [5, 5.41) is 9.64. The summed E-state index contributed by atoms with van der Waals surface area (Å²) in [6.45, 7) is 1.95. The van der Waals surface area contributed by atoms with E-state index in [9.17, 15) is 13.5 Å². The van der Waals surface area contributed by atoms with E-state index in [4.69, 9.17) is 0 Å². The molecule has 1 saturated carbocycles. The molecule has 1 aliphatic rings. The minimum absolute atomic E-state index is 0.150. The second-order valence-electron chi connectivity index (χ2n) is 5.30. The maximum absolute atomic E-state index is 12.4. The zero-order valence-corrected chi connectivity index (χ0v) is 13.9. The average Bonchev–Trinajstić information content (AvgIpc) is 2.76. The van der Waals surface area contributed by atoms with E-state index in [-0.39, 0.29) is 10.8 Å². The molecular formula is C12H18BrNO3S2. The number of rotatable bonds is 4. The van der Waals surface area contributed by atoms with Gasteiger partial charge in [-0.3, -0.25) is 0 Å². The molecule has 4 nitrogen and oxygen atoms in total. The van der Waals surface area contributed by atoms with Gasteiger partial charge in [-0.2, -0.15) is 0 Å². The molecule has 2 rings (SSSR count). The summed E-state index contributed by atoms with van der Waals surface area (Å²) in [7, 11) is -3.55. The third-order valence-corrected chi connectivity index (χ3v) is 7.25. The fourth-order valence-electron chi connectivity index (χ4n) is 2.71. The summed E-state index contributed by atoms with van der Waals surface area (Å²) in [5.41, 5.74) is -0.701. The van der Waals surface area contributed by atoms with Gasteiger partial charge in [0, 0.05) is 0 Å². The van der Waals surface area contributed by atoms with Crippen LogP contribution >= 0.6 is 27.3 Å².